The minimum atomic E-state index is -0.0985. The van der Waals surface area contributed by atoms with Gasteiger partial charge in [-0.15, -0.1) is 0 Å². The van der Waals surface area contributed by atoms with Gasteiger partial charge in [-0.1, -0.05) is 36.4 Å². The Morgan fingerprint density at radius 1 is 0.789 bits per heavy atom. The maximum atomic E-state index is 10.1. The van der Waals surface area contributed by atoms with Gasteiger partial charge in [-0.25, -0.2) is 0 Å². The maximum Gasteiger partial charge on any atom is 0.167 e. The summed E-state index contributed by atoms with van der Waals surface area (Å²) in [5, 5.41) is 23.5. The lowest BCUT2D eigenvalue weighted by Gasteiger charge is -2.04. The molecule has 19 heavy (non-hydrogen) atoms. The molecule has 0 aliphatic carbocycles. The summed E-state index contributed by atoms with van der Waals surface area (Å²) in [6.07, 6.45) is 0. The van der Waals surface area contributed by atoms with Crippen molar-refractivity contribution in [2.45, 2.75) is 0 Å². The first kappa shape index (κ1) is 10.3. The highest BCUT2D eigenvalue weighted by molar-refractivity contribution is 6.18. The lowest BCUT2D eigenvalue weighted by Crippen LogP contribution is -1.78. The first-order valence-electron chi connectivity index (χ1n) is 6.10. The summed E-state index contributed by atoms with van der Waals surface area (Å²) >= 11 is 0. The number of aromatic nitrogens is 1. The Hall–Kier alpha value is -2.68. The van der Waals surface area contributed by atoms with E-state index in [-0.39, 0.29) is 11.5 Å². The maximum absolute atomic E-state index is 10.1. The molecule has 92 valence electrons. The van der Waals surface area contributed by atoms with E-state index in [1.165, 1.54) is 6.07 Å². The molecule has 3 N–H and O–H groups in total. The van der Waals surface area contributed by atoms with Gasteiger partial charge < -0.3 is 15.2 Å². The summed E-state index contributed by atoms with van der Waals surface area (Å²) in [5.74, 6) is -0.173. The second-order valence-electron chi connectivity index (χ2n) is 4.69. The molecule has 3 heteroatoms. The second kappa shape index (κ2) is 3.42. The highest BCUT2D eigenvalue weighted by Crippen LogP contribution is 2.39. The predicted octanol–water partition coefficient (Wildman–Crippen LogP) is 3.89. The van der Waals surface area contributed by atoms with E-state index in [4.69, 9.17) is 0 Å². The number of hydrogen-bond acceptors (Lipinski definition) is 2. The van der Waals surface area contributed by atoms with Crippen LogP contribution in [0.2, 0.25) is 0 Å². The number of hydrogen-bond donors (Lipinski definition) is 3. The molecule has 0 spiro atoms. The van der Waals surface area contributed by atoms with Gasteiger partial charge in [0.2, 0.25) is 0 Å². The molecule has 0 saturated heterocycles. The van der Waals surface area contributed by atoms with Gasteiger partial charge in [0, 0.05) is 16.3 Å². The summed E-state index contributed by atoms with van der Waals surface area (Å²) in [5.41, 5.74) is 1.87. The topological polar surface area (TPSA) is 56.2 Å². The van der Waals surface area contributed by atoms with Crippen LogP contribution in [-0.2, 0) is 0 Å². The summed E-state index contributed by atoms with van der Waals surface area (Å²) in [7, 11) is 0. The number of para-hydroxylation sites is 1. The summed E-state index contributed by atoms with van der Waals surface area (Å²) < 4.78 is 0. The third-order valence-electron chi connectivity index (χ3n) is 3.61. The lowest BCUT2D eigenvalue weighted by atomic mass is 10.0. The van der Waals surface area contributed by atoms with Gasteiger partial charge in [0.25, 0.3) is 0 Å². The Morgan fingerprint density at radius 2 is 1.58 bits per heavy atom. The summed E-state index contributed by atoms with van der Waals surface area (Å²) in [4.78, 5) is 3.32. The highest BCUT2D eigenvalue weighted by Gasteiger charge is 2.12. The third-order valence-corrected chi connectivity index (χ3v) is 3.61. The molecule has 3 nitrogen and oxygen atoms in total. The van der Waals surface area contributed by atoms with Crippen LogP contribution in [0, 0.1) is 0 Å². The van der Waals surface area contributed by atoms with Gasteiger partial charge in [-0.05, 0) is 17.5 Å². The molecule has 1 heterocycles. The zero-order chi connectivity index (χ0) is 13.0. The third kappa shape index (κ3) is 1.27. The zero-order valence-electron chi connectivity index (χ0n) is 10.0. The van der Waals surface area contributed by atoms with Crippen molar-refractivity contribution < 1.29 is 10.2 Å². The number of rotatable bonds is 0. The van der Waals surface area contributed by atoms with Crippen molar-refractivity contribution in [3.8, 4) is 11.5 Å². The summed E-state index contributed by atoms with van der Waals surface area (Å²) in [6.45, 7) is 0. The SMILES string of the molecule is Oc1ccc2ccc3c4ccccc4[nH]c3c2c1O. The van der Waals surface area contributed by atoms with Crippen LogP contribution in [0.5, 0.6) is 11.5 Å². The molecule has 3 aromatic carbocycles. The largest absolute Gasteiger partial charge is 0.504 e. The highest BCUT2D eigenvalue weighted by atomic mass is 16.3. The van der Waals surface area contributed by atoms with Crippen LogP contribution in [0.3, 0.4) is 0 Å². The minimum absolute atomic E-state index is 0.0744. The Balaban J connectivity index is 2.34. The van der Waals surface area contributed by atoms with Crippen molar-refractivity contribution in [2.75, 3.05) is 0 Å². The smallest absolute Gasteiger partial charge is 0.167 e. The van der Waals surface area contributed by atoms with Crippen molar-refractivity contribution in [1.29, 1.82) is 0 Å². The van der Waals surface area contributed by atoms with E-state index in [1.54, 1.807) is 6.07 Å². The number of phenolic OH excluding ortho intramolecular Hbond substituents is 2. The van der Waals surface area contributed by atoms with Crippen LogP contribution >= 0.6 is 0 Å². The number of nitrogens with one attached hydrogen (secondary N) is 1. The van der Waals surface area contributed by atoms with E-state index in [0.29, 0.717) is 5.39 Å². The molecular weight excluding hydrogens is 238 g/mol. The number of phenols is 2. The first-order chi connectivity index (χ1) is 9.25. The van der Waals surface area contributed by atoms with Gasteiger partial charge in [-0.3, -0.25) is 0 Å². The fraction of sp³-hybridized carbons (Fsp3) is 0. The molecule has 0 aliphatic rings. The average molecular weight is 249 g/mol. The van der Waals surface area contributed by atoms with Gasteiger partial charge in [-0.2, -0.15) is 0 Å². The Bertz CT molecular complexity index is 938. The van der Waals surface area contributed by atoms with Crippen molar-refractivity contribution in [1.82, 2.24) is 4.98 Å². The van der Waals surface area contributed by atoms with Crippen molar-refractivity contribution in [2.24, 2.45) is 0 Å². The van der Waals surface area contributed by atoms with E-state index in [0.717, 1.165) is 27.2 Å². The van der Waals surface area contributed by atoms with E-state index in [2.05, 4.69) is 4.98 Å². The fourth-order valence-electron chi connectivity index (χ4n) is 2.70. The van der Waals surface area contributed by atoms with Crippen molar-refractivity contribution in [3.05, 3.63) is 48.5 Å². The minimum Gasteiger partial charge on any atom is -0.504 e. The number of aromatic hydroxyl groups is 2. The van der Waals surface area contributed by atoms with E-state index >= 15 is 0 Å². The predicted molar refractivity (Wildman–Crippen MR) is 76.6 cm³/mol. The molecule has 0 bridgehead atoms. The molecule has 0 saturated carbocycles. The Morgan fingerprint density at radius 3 is 2.47 bits per heavy atom. The van der Waals surface area contributed by atoms with E-state index < -0.39 is 0 Å². The average Bonchev–Trinajstić information content (AvgIpc) is 2.81. The van der Waals surface area contributed by atoms with Gasteiger partial charge >= 0.3 is 0 Å². The number of fused-ring (bicyclic) bond motifs is 5. The molecule has 0 fully saturated rings. The van der Waals surface area contributed by atoms with Crippen LogP contribution in [0.15, 0.2) is 48.5 Å². The molecule has 1 aromatic heterocycles. The zero-order valence-corrected chi connectivity index (χ0v) is 10.0. The number of benzene rings is 3. The van der Waals surface area contributed by atoms with Gasteiger partial charge in [0.1, 0.15) is 0 Å². The van der Waals surface area contributed by atoms with Crippen LogP contribution in [0.1, 0.15) is 0 Å². The van der Waals surface area contributed by atoms with Gasteiger partial charge in [0.05, 0.1) is 10.9 Å². The molecule has 4 aromatic rings. The Kier molecular flexibility index (Phi) is 1.85. The molecule has 4 rings (SSSR count). The molecular formula is C16H11NO2. The fourth-order valence-corrected chi connectivity index (χ4v) is 2.70. The number of H-pyrrole nitrogens is 1. The van der Waals surface area contributed by atoms with Crippen LogP contribution in [0.4, 0.5) is 0 Å². The standard InChI is InChI=1S/C16H11NO2/c18-13-8-6-9-5-7-11-10-3-1-2-4-12(10)17-15(11)14(9)16(13)19/h1-8,17-19H. The molecule has 0 aliphatic heterocycles. The normalized spacial score (nSPS) is 11.6. The van der Waals surface area contributed by atoms with E-state index in [1.807, 2.05) is 36.4 Å². The first-order valence-corrected chi connectivity index (χ1v) is 6.10. The van der Waals surface area contributed by atoms with Crippen LogP contribution < -0.4 is 0 Å². The van der Waals surface area contributed by atoms with Gasteiger partial charge in [0.15, 0.2) is 11.5 Å². The number of aromatic amines is 1. The molecule has 0 amide bonds. The van der Waals surface area contributed by atoms with E-state index in [9.17, 15) is 10.2 Å². The van der Waals surface area contributed by atoms with Crippen LogP contribution in [0.25, 0.3) is 32.6 Å². The lowest BCUT2D eigenvalue weighted by molar-refractivity contribution is 0.408. The summed E-state index contributed by atoms with van der Waals surface area (Å²) in [6, 6.07) is 15.3. The van der Waals surface area contributed by atoms with Crippen LogP contribution in [-0.4, -0.2) is 15.2 Å². The Labute approximate surface area is 108 Å². The molecule has 0 radical (unpaired) electrons. The van der Waals surface area contributed by atoms with Crippen molar-refractivity contribution in [3.63, 3.8) is 0 Å². The second-order valence-corrected chi connectivity index (χ2v) is 4.69. The monoisotopic (exact) mass is 249 g/mol. The van der Waals surface area contributed by atoms with Crippen molar-refractivity contribution >= 4 is 32.6 Å². The quantitative estimate of drug-likeness (QED) is 0.414. The molecule has 0 unspecified atom stereocenters. The molecule has 0 atom stereocenters.